The number of rotatable bonds is 1. The molecule has 3 nitrogen and oxygen atoms in total. The fourth-order valence-corrected chi connectivity index (χ4v) is 2.40. The first-order valence-electron chi connectivity index (χ1n) is 4.11. The Morgan fingerprint density at radius 1 is 1.73 bits per heavy atom. The summed E-state index contributed by atoms with van der Waals surface area (Å²) >= 11 is 0. The van der Waals surface area contributed by atoms with Gasteiger partial charge in [0.1, 0.15) is 0 Å². The third-order valence-corrected chi connectivity index (χ3v) is 3.15. The molecule has 3 heteroatoms. The van der Waals surface area contributed by atoms with E-state index in [1.807, 2.05) is 0 Å². The molecule has 2 aliphatic heterocycles. The molecule has 3 unspecified atom stereocenters. The van der Waals surface area contributed by atoms with Crippen molar-refractivity contribution in [2.24, 2.45) is 5.41 Å². The molecule has 2 aliphatic rings. The maximum absolute atomic E-state index is 10.9. The maximum atomic E-state index is 10.9. The first-order chi connectivity index (χ1) is 5.14. The zero-order valence-electron chi connectivity index (χ0n) is 6.71. The second-order valence-corrected chi connectivity index (χ2v) is 3.86. The summed E-state index contributed by atoms with van der Waals surface area (Å²) in [5.74, 6) is -0.593. The molecule has 0 radical (unpaired) electrons. The van der Waals surface area contributed by atoms with Crippen LogP contribution in [0.4, 0.5) is 0 Å². The zero-order valence-corrected chi connectivity index (χ0v) is 6.71. The van der Waals surface area contributed by atoms with Crippen molar-refractivity contribution in [2.45, 2.75) is 25.8 Å². The molecule has 0 aromatic carbocycles. The number of piperidine rings is 1. The van der Waals surface area contributed by atoms with Crippen molar-refractivity contribution in [1.29, 1.82) is 0 Å². The minimum absolute atomic E-state index is 0.376. The monoisotopic (exact) mass is 155 g/mol. The number of fused-ring (bicyclic) bond motifs is 2. The minimum atomic E-state index is -0.593. The highest BCUT2D eigenvalue weighted by atomic mass is 16.4. The molecule has 0 aliphatic carbocycles. The van der Waals surface area contributed by atoms with Crippen molar-refractivity contribution < 1.29 is 9.90 Å². The van der Waals surface area contributed by atoms with Crippen LogP contribution in [0.1, 0.15) is 19.8 Å². The molecule has 11 heavy (non-hydrogen) atoms. The van der Waals surface area contributed by atoms with Gasteiger partial charge < -0.3 is 5.11 Å². The summed E-state index contributed by atoms with van der Waals surface area (Å²) < 4.78 is 0. The molecule has 2 rings (SSSR count). The highest BCUT2D eigenvalue weighted by molar-refractivity contribution is 5.76. The average Bonchev–Trinajstić information content (AvgIpc) is 2.44. The second kappa shape index (κ2) is 1.97. The first-order valence-corrected chi connectivity index (χ1v) is 4.11. The number of aliphatic carboxylic acids is 1. The topological polar surface area (TPSA) is 40.5 Å². The SMILES string of the molecule is CC1CC2(C(=O)O)CCN1C2. The van der Waals surface area contributed by atoms with Gasteiger partial charge in [0.05, 0.1) is 5.41 Å². The third kappa shape index (κ3) is 0.805. The van der Waals surface area contributed by atoms with E-state index in [1.165, 1.54) is 0 Å². The van der Waals surface area contributed by atoms with Crippen LogP contribution in [0.3, 0.4) is 0 Å². The summed E-state index contributed by atoms with van der Waals surface area (Å²) in [5.41, 5.74) is -0.376. The van der Waals surface area contributed by atoms with Gasteiger partial charge in [0.15, 0.2) is 0 Å². The fourth-order valence-electron chi connectivity index (χ4n) is 2.40. The van der Waals surface area contributed by atoms with Gasteiger partial charge in [0.25, 0.3) is 0 Å². The lowest BCUT2D eigenvalue weighted by atomic mass is 9.83. The molecule has 1 N–H and O–H groups in total. The van der Waals surface area contributed by atoms with Gasteiger partial charge in [0, 0.05) is 12.6 Å². The molecule has 2 saturated heterocycles. The number of hydrogen-bond donors (Lipinski definition) is 1. The van der Waals surface area contributed by atoms with E-state index >= 15 is 0 Å². The van der Waals surface area contributed by atoms with Crippen molar-refractivity contribution in [2.75, 3.05) is 13.1 Å². The summed E-state index contributed by atoms with van der Waals surface area (Å²) in [6.07, 6.45) is 1.70. The lowest BCUT2D eigenvalue weighted by Crippen LogP contribution is -2.31. The minimum Gasteiger partial charge on any atom is -0.481 e. The number of nitrogens with zero attached hydrogens (tertiary/aromatic N) is 1. The van der Waals surface area contributed by atoms with Crippen molar-refractivity contribution in [1.82, 2.24) is 4.90 Å². The predicted molar refractivity (Wildman–Crippen MR) is 40.3 cm³/mol. The van der Waals surface area contributed by atoms with Gasteiger partial charge in [0.2, 0.25) is 0 Å². The van der Waals surface area contributed by atoms with Crippen molar-refractivity contribution in [3.05, 3.63) is 0 Å². The van der Waals surface area contributed by atoms with E-state index in [0.29, 0.717) is 6.04 Å². The van der Waals surface area contributed by atoms with Crippen molar-refractivity contribution in [3.63, 3.8) is 0 Å². The molecule has 0 aromatic heterocycles. The Kier molecular flexibility index (Phi) is 1.27. The third-order valence-electron chi connectivity index (χ3n) is 3.15. The molecule has 3 atom stereocenters. The largest absolute Gasteiger partial charge is 0.481 e. The Bertz CT molecular complexity index is 200. The van der Waals surface area contributed by atoms with Gasteiger partial charge in [-0.3, -0.25) is 9.69 Å². The highest BCUT2D eigenvalue weighted by Crippen LogP contribution is 2.43. The normalized spacial score (nSPS) is 48.1. The van der Waals surface area contributed by atoms with E-state index in [0.717, 1.165) is 25.9 Å². The second-order valence-electron chi connectivity index (χ2n) is 3.86. The number of carboxylic acids is 1. The Hall–Kier alpha value is -0.570. The first kappa shape index (κ1) is 7.10. The Morgan fingerprint density at radius 3 is 2.73 bits per heavy atom. The van der Waals surface area contributed by atoms with Crippen molar-refractivity contribution >= 4 is 5.97 Å². The van der Waals surface area contributed by atoms with E-state index in [2.05, 4.69) is 11.8 Å². The molecular formula is C8H13NO2. The van der Waals surface area contributed by atoms with Crippen LogP contribution in [0.15, 0.2) is 0 Å². The summed E-state index contributed by atoms with van der Waals surface area (Å²) in [5, 5.41) is 8.98. The van der Waals surface area contributed by atoms with Crippen LogP contribution < -0.4 is 0 Å². The predicted octanol–water partition coefficient (Wildman–Crippen LogP) is 0.555. The quantitative estimate of drug-likeness (QED) is 0.601. The summed E-state index contributed by atoms with van der Waals surface area (Å²) in [6.45, 7) is 3.88. The number of hydrogen-bond acceptors (Lipinski definition) is 2. The molecule has 0 aromatic rings. The average molecular weight is 155 g/mol. The standard InChI is InChI=1S/C8H13NO2/c1-6-4-8(7(10)11)2-3-9(6)5-8/h6H,2-5H2,1H3,(H,10,11). The van der Waals surface area contributed by atoms with Crippen LogP contribution in [0.2, 0.25) is 0 Å². The van der Waals surface area contributed by atoms with Gasteiger partial charge in [-0.15, -0.1) is 0 Å². The Morgan fingerprint density at radius 2 is 2.45 bits per heavy atom. The fraction of sp³-hybridized carbons (Fsp3) is 0.875. The molecule has 0 amide bonds. The number of carboxylic acid groups (broad SMARTS) is 1. The molecule has 62 valence electrons. The highest BCUT2D eigenvalue weighted by Gasteiger charge is 2.52. The van der Waals surface area contributed by atoms with Crippen LogP contribution in [0.25, 0.3) is 0 Å². The van der Waals surface area contributed by atoms with Crippen LogP contribution >= 0.6 is 0 Å². The van der Waals surface area contributed by atoms with Crippen LogP contribution in [-0.4, -0.2) is 35.1 Å². The van der Waals surface area contributed by atoms with Gasteiger partial charge in [-0.2, -0.15) is 0 Å². The van der Waals surface area contributed by atoms with E-state index in [4.69, 9.17) is 5.11 Å². The number of carbonyl (C=O) groups is 1. The van der Waals surface area contributed by atoms with E-state index in [1.54, 1.807) is 0 Å². The molecule has 0 spiro atoms. The lowest BCUT2D eigenvalue weighted by Gasteiger charge is -2.23. The van der Waals surface area contributed by atoms with Gasteiger partial charge in [-0.05, 0) is 26.3 Å². The molecule has 2 fully saturated rings. The molecule has 2 bridgehead atoms. The van der Waals surface area contributed by atoms with E-state index in [-0.39, 0.29) is 5.41 Å². The molecular weight excluding hydrogens is 142 g/mol. The van der Waals surface area contributed by atoms with E-state index < -0.39 is 5.97 Å². The lowest BCUT2D eigenvalue weighted by molar-refractivity contribution is -0.147. The van der Waals surface area contributed by atoms with E-state index in [9.17, 15) is 4.79 Å². The molecule has 2 heterocycles. The van der Waals surface area contributed by atoms with Crippen LogP contribution in [0, 0.1) is 5.41 Å². The summed E-state index contributed by atoms with van der Waals surface area (Å²) in [6, 6.07) is 0.486. The smallest absolute Gasteiger partial charge is 0.311 e. The van der Waals surface area contributed by atoms with Crippen LogP contribution in [0.5, 0.6) is 0 Å². The van der Waals surface area contributed by atoms with Gasteiger partial charge in [-0.25, -0.2) is 0 Å². The maximum Gasteiger partial charge on any atom is 0.311 e. The Balaban J connectivity index is 2.23. The van der Waals surface area contributed by atoms with Gasteiger partial charge in [-0.1, -0.05) is 0 Å². The van der Waals surface area contributed by atoms with Crippen molar-refractivity contribution in [3.8, 4) is 0 Å². The van der Waals surface area contributed by atoms with Crippen LogP contribution in [-0.2, 0) is 4.79 Å². The Labute approximate surface area is 66.0 Å². The summed E-state index contributed by atoms with van der Waals surface area (Å²) in [4.78, 5) is 13.2. The molecule has 0 saturated carbocycles. The zero-order chi connectivity index (χ0) is 8.06. The summed E-state index contributed by atoms with van der Waals surface area (Å²) in [7, 11) is 0. The van der Waals surface area contributed by atoms with Gasteiger partial charge >= 0.3 is 5.97 Å².